The minimum atomic E-state index is -0.775. The molecule has 2 aliphatic heterocycles. The van der Waals surface area contributed by atoms with Gasteiger partial charge in [-0.1, -0.05) is 0 Å². The van der Waals surface area contributed by atoms with E-state index in [2.05, 4.69) is 37.7 Å². The van der Waals surface area contributed by atoms with Crippen LogP contribution in [0.3, 0.4) is 0 Å². The van der Waals surface area contributed by atoms with Crippen LogP contribution in [0, 0.1) is 17.0 Å². The topological polar surface area (TPSA) is 90.7 Å². The number of anilines is 2. The molecule has 2 aromatic carbocycles. The quantitative estimate of drug-likeness (QED) is 0.454. The molecule has 9 nitrogen and oxygen atoms in total. The monoisotopic (exact) mass is 471 g/mol. The lowest BCUT2D eigenvalue weighted by molar-refractivity contribution is 0.146. The normalized spacial score (nSPS) is 18.0. The molecule has 1 unspecified atom stereocenters. The summed E-state index contributed by atoms with van der Waals surface area (Å²) in [6.45, 7) is 5.23. The second-order valence-corrected chi connectivity index (χ2v) is 8.35. The van der Waals surface area contributed by atoms with E-state index in [1.54, 1.807) is 7.11 Å². The second-order valence-electron chi connectivity index (χ2n) is 8.35. The summed E-state index contributed by atoms with van der Waals surface area (Å²) >= 11 is 0. The molecule has 3 aromatic rings. The van der Waals surface area contributed by atoms with Crippen molar-refractivity contribution in [2.24, 2.45) is 0 Å². The van der Waals surface area contributed by atoms with Crippen molar-refractivity contribution in [1.29, 1.82) is 5.41 Å². The van der Waals surface area contributed by atoms with Crippen molar-refractivity contribution in [3.63, 3.8) is 0 Å². The van der Waals surface area contributed by atoms with Gasteiger partial charge in [0.1, 0.15) is 35.7 Å². The number of rotatable bonds is 7. The van der Waals surface area contributed by atoms with E-state index in [9.17, 15) is 8.78 Å². The number of ether oxygens (including phenoxy) is 2. The van der Waals surface area contributed by atoms with E-state index in [4.69, 9.17) is 14.9 Å². The summed E-state index contributed by atoms with van der Waals surface area (Å²) in [6.07, 6.45) is -0.210. The molecule has 0 amide bonds. The minimum absolute atomic E-state index is 0.0173. The number of aromatic nitrogens is 2. The Bertz CT molecular complexity index is 1230. The molecule has 0 aliphatic carbocycles. The standard InChI is InChI=1S/C23H27F2N7O2/c1-33-10-11-34-17-4-2-16(3-5-17)31-8-6-30(7-9-31)14-20-27-22-18-12-15(24)13-19(25)21(18)28-23(26)32(22)29-20/h2-5,12-13,20,26-27,29H,6-11,14H2,1H3. The maximum Gasteiger partial charge on any atom is 0.243 e. The van der Waals surface area contributed by atoms with Crippen LogP contribution in [0.5, 0.6) is 5.75 Å². The smallest absolute Gasteiger partial charge is 0.243 e. The predicted molar refractivity (Wildman–Crippen MR) is 125 cm³/mol. The van der Waals surface area contributed by atoms with Gasteiger partial charge < -0.3 is 19.7 Å². The van der Waals surface area contributed by atoms with Gasteiger partial charge in [0.25, 0.3) is 0 Å². The van der Waals surface area contributed by atoms with Crippen LogP contribution < -0.4 is 26.0 Å². The van der Waals surface area contributed by atoms with Gasteiger partial charge in [-0.2, -0.15) is 0 Å². The molecule has 5 rings (SSSR count). The van der Waals surface area contributed by atoms with Gasteiger partial charge in [0.15, 0.2) is 5.82 Å². The van der Waals surface area contributed by atoms with Gasteiger partial charge in [-0.25, -0.2) is 18.4 Å². The van der Waals surface area contributed by atoms with E-state index in [-0.39, 0.29) is 17.3 Å². The second kappa shape index (κ2) is 9.43. The summed E-state index contributed by atoms with van der Waals surface area (Å²) in [5.74, 6) is -0.179. The number of hydrogen-bond acceptors (Lipinski definition) is 8. The Labute approximate surface area is 195 Å². The van der Waals surface area contributed by atoms with Crippen LogP contribution in [0.4, 0.5) is 20.3 Å². The Kier molecular flexibility index (Phi) is 6.20. The Morgan fingerprint density at radius 1 is 1.09 bits per heavy atom. The van der Waals surface area contributed by atoms with Crippen LogP contribution in [-0.2, 0) is 4.74 Å². The van der Waals surface area contributed by atoms with Crippen molar-refractivity contribution >= 4 is 22.4 Å². The highest BCUT2D eigenvalue weighted by atomic mass is 19.1. The molecular formula is C23H27F2N7O2. The van der Waals surface area contributed by atoms with E-state index in [0.717, 1.165) is 43.7 Å². The number of nitrogens with zero attached hydrogens (tertiary/aromatic N) is 4. The number of halogens is 2. The fourth-order valence-corrected chi connectivity index (χ4v) is 4.39. The molecule has 0 radical (unpaired) electrons. The van der Waals surface area contributed by atoms with Crippen LogP contribution in [0.15, 0.2) is 36.4 Å². The Balaban J connectivity index is 1.19. The van der Waals surface area contributed by atoms with Gasteiger partial charge in [-0.15, -0.1) is 0 Å². The summed E-state index contributed by atoms with van der Waals surface area (Å²) in [4.78, 5) is 8.64. The molecular weight excluding hydrogens is 444 g/mol. The average Bonchev–Trinajstić information content (AvgIpc) is 3.26. The van der Waals surface area contributed by atoms with E-state index >= 15 is 0 Å². The average molecular weight is 472 g/mol. The first kappa shape index (κ1) is 22.4. The molecule has 0 spiro atoms. The molecule has 2 aliphatic rings. The summed E-state index contributed by atoms with van der Waals surface area (Å²) in [7, 11) is 1.65. The molecule has 1 atom stereocenters. The SMILES string of the molecule is COCCOc1ccc(N2CCN(CC3Nc4c5cc(F)cc(F)c5nc(=N)n4N3)CC2)cc1. The lowest BCUT2D eigenvalue weighted by Gasteiger charge is -2.37. The largest absolute Gasteiger partial charge is 0.491 e. The van der Waals surface area contributed by atoms with Crippen molar-refractivity contribution in [2.45, 2.75) is 6.17 Å². The molecule has 0 bridgehead atoms. The molecule has 3 N–H and O–H groups in total. The van der Waals surface area contributed by atoms with Gasteiger partial charge in [0, 0.05) is 57.0 Å². The number of nitrogens with one attached hydrogen (secondary N) is 3. The number of benzene rings is 2. The predicted octanol–water partition coefficient (Wildman–Crippen LogP) is 1.94. The maximum atomic E-state index is 14.2. The summed E-state index contributed by atoms with van der Waals surface area (Å²) < 4.78 is 40.0. The summed E-state index contributed by atoms with van der Waals surface area (Å²) in [6, 6.07) is 10.1. The summed E-state index contributed by atoms with van der Waals surface area (Å²) in [5, 5.41) is 11.7. The van der Waals surface area contributed by atoms with Crippen molar-refractivity contribution in [3.8, 4) is 5.75 Å². The van der Waals surface area contributed by atoms with Crippen molar-refractivity contribution in [2.75, 3.05) is 68.7 Å². The van der Waals surface area contributed by atoms with Crippen LogP contribution >= 0.6 is 0 Å². The first-order chi connectivity index (χ1) is 16.5. The maximum absolute atomic E-state index is 14.2. The molecule has 1 aromatic heterocycles. The highest BCUT2D eigenvalue weighted by Gasteiger charge is 2.27. The highest BCUT2D eigenvalue weighted by molar-refractivity contribution is 5.90. The first-order valence-electron chi connectivity index (χ1n) is 11.2. The van der Waals surface area contributed by atoms with Crippen LogP contribution in [0.25, 0.3) is 10.9 Å². The lowest BCUT2D eigenvalue weighted by atomic mass is 10.2. The van der Waals surface area contributed by atoms with Gasteiger partial charge in [-0.3, -0.25) is 15.7 Å². The Hall–Kier alpha value is -3.44. The third kappa shape index (κ3) is 4.48. The number of methoxy groups -OCH3 is 1. The summed E-state index contributed by atoms with van der Waals surface area (Å²) in [5.41, 5.74) is 4.18. The Morgan fingerprint density at radius 2 is 1.85 bits per heavy atom. The molecule has 34 heavy (non-hydrogen) atoms. The molecule has 1 fully saturated rings. The van der Waals surface area contributed by atoms with Crippen LogP contribution in [0.2, 0.25) is 0 Å². The number of hydrogen-bond donors (Lipinski definition) is 3. The van der Waals surface area contributed by atoms with E-state index in [1.807, 2.05) is 12.1 Å². The van der Waals surface area contributed by atoms with Gasteiger partial charge in [-0.05, 0) is 30.3 Å². The molecule has 1 saturated heterocycles. The highest BCUT2D eigenvalue weighted by Crippen LogP contribution is 2.27. The van der Waals surface area contributed by atoms with E-state index in [0.29, 0.717) is 31.0 Å². The molecule has 3 heterocycles. The fourth-order valence-electron chi connectivity index (χ4n) is 4.39. The van der Waals surface area contributed by atoms with Crippen LogP contribution in [-0.4, -0.2) is 73.8 Å². The third-order valence-corrected chi connectivity index (χ3v) is 6.10. The number of fused-ring (bicyclic) bond motifs is 3. The zero-order valence-electron chi connectivity index (χ0n) is 18.9. The number of piperazine rings is 1. The van der Waals surface area contributed by atoms with Crippen molar-refractivity contribution < 1.29 is 18.3 Å². The minimum Gasteiger partial charge on any atom is -0.491 e. The van der Waals surface area contributed by atoms with Gasteiger partial charge in [0.2, 0.25) is 5.62 Å². The third-order valence-electron chi connectivity index (χ3n) is 6.10. The zero-order valence-corrected chi connectivity index (χ0v) is 18.9. The zero-order chi connectivity index (χ0) is 23.7. The Morgan fingerprint density at radius 3 is 2.59 bits per heavy atom. The molecule has 0 saturated carbocycles. The van der Waals surface area contributed by atoms with Gasteiger partial charge in [0.05, 0.1) is 6.61 Å². The van der Waals surface area contributed by atoms with Gasteiger partial charge >= 0.3 is 0 Å². The molecule has 180 valence electrons. The first-order valence-corrected chi connectivity index (χ1v) is 11.2. The molecule has 11 heteroatoms. The van der Waals surface area contributed by atoms with Crippen molar-refractivity contribution in [3.05, 3.63) is 53.7 Å². The fraction of sp³-hybridized carbons (Fsp3) is 0.391. The van der Waals surface area contributed by atoms with E-state index < -0.39 is 11.6 Å². The van der Waals surface area contributed by atoms with E-state index in [1.165, 1.54) is 10.7 Å². The van der Waals surface area contributed by atoms with Crippen LogP contribution in [0.1, 0.15) is 0 Å². The lowest BCUT2D eigenvalue weighted by Crippen LogP contribution is -2.50. The van der Waals surface area contributed by atoms with Crippen molar-refractivity contribution in [1.82, 2.24) is 14.6 Å².